The maximum atomic E-state index is 6.04. The Hall–Kier alpha value is -2.23. The molecule has 0 saturated carbocycles. The topological polar surface area (TPSA) is 15.6 Å². The first-order valence-corrected chi connectivity index (χ1v) is 10.2. The van der Waals surface area contributed by atoms with E-state index in [0.29, 0.717) is 0 Å². The van der Waals surface area contributed by atoms with Crippen molar-refractivity contribution in [1.82, 2.24) is 0 Å². The summed E-state index contributed by atoms with van der Waals surface area (Å²) >= 11 is 7.80. The average molecular weight is 379 g/mol. The lowest BCUT2D eigenvalue weighted by Gasteiger charge is -2.24. The van der Waals surface area contributed by atoms with Crippen LogP contribution in [0.1, 0.15) is 23.6 Å². The number of para-hydroxylation sites is 1. The van der Waals surface area contributed by atoms with E-state index >= 15 is 0 Å². The van der Waals surface area contributed by atoms with Gasteiger partial charge in [-0.05, 0) is 53.8 Å². The van der Waals surface area contributed by atoms with E-state index in [2.05, 4.69) is 59.8 Å². The van der Waals surface area contributed by atoms with E-state index in [1.165, 1.54) is 10.5 Å². The van der Waals surface area contributed by atoms with Gasteiger partial charge < -0.3 is 0 Å². The average Bonchev–Trinajstić information content (AvgIpc) is 3.15. The number of rotatable bonds is 4. The number of nitrogens with zero attached hydrogens (tertiary/aromatic N) is 2. The number of hydrazone groups is 1. The molecule has 130 valence electrons. The summed E-state index contributed by atoms with van der Waals surface area (Å²) in [6, 6.07) is 27.3. The Morgan fingerprint density at radius 3 is 2.27 bits per heavy atom. The van der Waals surface area contributed by atoms with Gasteiger partial charge in [-0.15, -0.1) is 11.8 Å². The number of halogens is 1. The summed E-state index contributed by atoms with van der Waals surface area (Å²) in [6.45, 7) is 0. The molecule has 0 aromatic heterocycles. The highest BCUT2D eigenvalue weighted by Crippen LogP contribution is 2.37. The van der Waals surface area contributed by atoms with Crippen molar-refractivity contribution < 1.29 is 0 Å². The molecule has 0 amide bonds. The Balaban J connectivity index is 1.71. The minimum absolute atomic E-state index is 0.194. The number of benzene rings is 3. The van der Waals surface area contributed by atoms with Crippen molar-refractivity contribution in [2.75, 3.05) is 11.3 Å². The zero-order valence-electron chi connectivity index (χ0n) is 14.5. The largest absolute Gasteiger partial charge is 0.257 e. The maximum Gasteiger partial charge on any atom is 0.0831 e. The summed E-state index contributed by atoms with van der Waals surface area (Å²) in [6.07, 6.45) is 2.97. The first-order valence-electron chi connectivity index (χ1n) is 8.56. The van der Waals surface area contributed by atoms with Crippen LogP contribution in [-0.4, -0.2) is 12.0 Å². The minimum atomic E-state index is 0.194. The molecule has 0 saturated heterocycles. The van der Waals surface area contributed by atoms with E-state index in [1.807, 2.05) is 30.3 Å². The first-order chi connectivity index (χ1) is 12.7. The Labute approximate surface area is 163 Å². The third-order valence-corrected chi connectivity index (χ3v) is 5.60. The minimum Gasteiger partial charge on any atom is -0.257 e. The highest BCUT2D eigenvalue weighted by molar-refractivity contribution is 7.98. The molecule has 1 aliphatic heterocycles. The predicted octanol–water partition coefficient (Wildman–Crippen LogP) is 6.42. The highest BCUT2D eigenvalue weighted by atomic mass is 35.5. The van der Waals surface area contributed by atoms with E-state index < -0.39 is 0 Å². The Bertz CT molecular complexity index is 905. The second-order valence-corrected chi connectivity index (χ2v) is 7.54. The summed E-state index contributed by atoms with van der Waals surface area (Å²) < 4.78 is 0. The van der Waals surface area contributed by atoms with E-state index in [1.54, 1.807) is 11.8 Å². The smallest absolute Gasteiger partial charge is 0.0831 e. The second-order valence-electron chi connectivity index (χ2n) is 6.23. The molecule has 1 aliphatic rings. The molecule has 0 bridgehead atoms. The van der Waals surface area contributed by atoms with Crippen LogP contribution in [0.25, 0.3) is 0 Å². The molecule has 0 aliphatic carbocycles. The monoisotopic (exact) mass is 378 g/mol. The van der Waals surface area contributed by atoms with Gasteiger partial charge in [-0.25, -0.2) is 0 Å². The lowest BCUT2D eigenvalue weighted by atomic mass is 9.98. The van der Waals surface area contributed by atoms with Crippen molar-refractivity contribution in [1.29, 1.82) is 0 Å². The van der Waals surface area contributed by atoms with Crippen LogP contribution in [0, 0.1) is 0 Å². The molecule has 3 aromatic rings. The molecule has 26 heavy (non-hydrogen) atoms. The lowest BCUT2D eigenvalue weighted by molar-refractivity contribution is 0.708. The molecule has 4 heteroatoms. The molecule has 0 fully saturated rings. The quantitative estimate of drug-likeness (QED) is 0.487. The molecule has 0 spiro atoms. The van der Waals surface area contributed by atoms with Crippen molar-refractivity contribution >= 4 is 34.8 Å². The zero-order chi connectivity index (χ0) is 17.9. The normalized spacial score (nSPS) is 16.6. The molecule has 3 aromatic carbocycles. The fourth-order valence-electron chi connectivity index (χ4n) is 3.23. The van der Waals surface area contributed by atoms with Gasteiger partial charge in [-0.3, -0.25) is 5.01 Å². The van der Waals surface area contributed by atoms with Crippen molar-refractivity contribution in [3.63, 3.8) is 0 Å². The van der Waals surface area contributed by atoms with E-state index in [-0.39, 0.29) is 6.04 Å². The third-order valence-electron chi connectivity index (χ3n) is 4.61. The van der Waals surface area contributed by atoms with E-state index in [0.717, 1.165) is 28.4 Å². The molecule has 1 unspecified atom stereocenters. The lowest BCUT2D eigenvalue weighted by Crippen LogP contribution is -2.18. The van der Waals surface area contributed by atoms with Crippen LogP contribution in [0.3, 0.4) is 0 Å². The van der Waals surface area contributed by atoms with Gasteiger partial charge in [-0.1, -0.05) is 54.1 Å². The molecular weight excluding hydrogens is 360 g/mol. The predicted molar refractivity (Wildman–Crippen MR) is 112 cm³/mol. The fraction of sp³-hybridized carbons (Fsp3) is 0.136. The van der Waals surface area contributed by atoms with Gasteiger partial charge in [0, 0.05) is 16.3 Å². The van der Waals surface area contributed by atoms with Gasteiger partial charge in [0.25, 0.3) is 0 Å². The standard InChI is InChI=1S/C22H19ClN2S/c1-26-20-13-9-17(10-14-20)22-15-21(16-7-11-18(23)12-8-16)24-25(22)19-5-3-2-4-6-19/h2-14,22H,15H2,1H3. The Morgan fingerprint density at radius 1 is 0.923 bits per heavy atom. The van der Waals surface area contributed by atoms with Gasteiger partial charge in [-0.2, -0.15) is 5.10 Å². The number of hydrogen-bond donors (Lipinski definition) is 0. The Kier molecular flexibility index (Phi) is 5.00. The second kappa shape index (κ2) is 7.56. The van der Waals surface area contributed by atoms with Crippen LogP contribution >= 0.6 is 23.4 Å². The molecule has 0 N–H and O–H groups in total. The summed E-state index contributed by atoms with van der Waals surface area (Å²) in [5.41, 5.74) is 4.60. The van der Waals surface area contributed by atoms with Gasteiger partial charge >= 0.3 is 0 Å². The summed E-state index contributed by atoms with van der Waals surface area (Å²) in [4.78, 5) is 1.27. The Morgan fingerprint density at radius 2 is 1.62 bits per heavy atom. The van der Waals surface area contributed by atoms with Crippen LogP contribution in [0.5, 0.6) is 0 Å². The molecular formula is C22H19ClN2S. The number of hydrogen-bond acceptors (Lipinski definition) is 3. The summed E-state index contributed by atoms with van der Waals surface area (Å²) in [7, 11) is 0. The maximum absolute atomic E-state index is 6.04. The number of anilines is 1. The zero-order valence-corrected chi connectivity index (χ0v) is 16.0. The van der Waals surface area contributed by atoms with Gasteiger partial charge in [0.2, 0.25) is 0 Å². The van der Waals surface area contributed by atoms with Crippen LogP contribution < -0.4 is 5.01 Å². The van der Waals surface area contributed by atoms with E-state index in [9.17, 15) is 0 Å². The van der Waals surface area contributed by atoms with Gasteiger partial charge in [0.1, 0.15) is 0 Å². The van der Waals surface area contributed by atoms with Crippen molar-refractivity contribution in [3.05, 3.63) is 95.0 Å². The molecule has 1 heterocycles. The fourth-order valence-corrected chi connectivity index (χ4v) is 3.77. The van der Waals surface area contributed by atoms with Crippen molar-refractivity contribution in [2.24, 2.45) is 5.10 Å². The van der Waals surface area contributed by atoms with Gasteiger partial charge in [0.05, 0.1) is 17.4 Å². The van der Waals surface area contributed by atoms with Crippen molar-refractivity contribution in [3.8, 4) is 0 Å². The first kappa shape index (κ1) is 17.2. The molecule has 2 nitrogen and oxygen atoms in total. The molecule has 0 radical (unpaired) electrons. The molecule has 4 rings (SSSR count). The molecule has 1 atom stereocenters. The van der Waals surface area contributed by atoms with Crippen LogP contribution in [-0.2, 0) is 0 Å². The van der Waals surface area contributed by atoms with Crippen LogP contribution in [0.2, 0.25) is 5.02 Å². The summed E-state index contributed by atoms with van der Waals surface area (Å²) in [5, 5.41) is 7.84. The van der Waals surface area contributed by atoms with Crippen molar-refractivity contribution in [2.45, 2.75) is 17.4 Å². The van der Waals surface area contributed by atoms with Crippen LogP contribution in [0.4, 0.5) is 5.69 Å². The van der Waals surface area contributed by atoms with Gasteiger partial charge in [0.15, 0.2) is 0 Å². The number of thioether (sulfide) groups is 1. The van der Waals surface area contributed by atoms with Crippen LogP contribution in [0.15, 0.2) is 88.9 Å². The third kappa shape index (κ3) is 3.50. The van der Waals surface area contributed by atoms with E-state index in [4.69, 9.17) is 16.7 Å². The summed E-state index contributed by atoms with van der Waals surface area (Å²) in [5.74, 6) is 0. The SMILES string of the molecule is CSc1ccc(C2CC(c3ccc(Cl)cc3)=NN2c2ccccc2)cc1. The highest BCUT2D eigenvalue weighted by Gasteiger charge is 2.29.